The van der Waals surface area contributed by atoms with Gasteiger partial charge in [-0.1, -0.05) is 58.6 Å². The molecule has 0 aliphatic heterocycles. The lowest BCUT2D eigenvalue weighted by Crippen LogP contribution is -2.50. The number of fused-ring (bicyclic) bond motifs is 5. The molecule has 0 spiro atoms. The Balaban J connectivity index is 1.38. The summed E-state index contributed by atoms with van der Waals surface area (Å²) in [5.74, 6) is 4.57. The highest BCUT2D eigenvalue weighted by Crippen LogP contribution is 2.67. The van der Waals surface area contributed by atoms with Crippen molar-refractivity contribution in [3.8, 4) is 0 Å². The van der Waals surface area contributed by atoms with E-state index in [0.29, 0.717) is 23.2 Å². The van der Waals surface area contributed by atoms with Crippen LogP contribution >= 0.6 is 0 Å². The van der Waals surface area contributed by atoms with Crippen molar-refractivity contribution in [2.75, 3.05) is 7.11 Å². The molecular weight excluding hydrogens is 396 g/mol. The molecule has 4 aliphatic rings. The van der Waals surface area contributed by atoms with Gasteiger partial charge >= 0.3 is 5.97 Å². The van der Waals surface area contributed by atoms with E-state index in [1.807, 2.05) is 0 Å². The van der Waals surface area contributed by atoms with Crippen LogP contribution in [0.5, 0.6) is 0 Å². The zero-order valence-corrected chi connectivity index (χ0v) is 21.4. The predicted molar refractivity (Wildman–Crippen MR) is 130 cm³/mol. The second kappa shape index (κ2) is 9.43. The molecule has 0 bridgehead atoms. The van der Waals surface area contributed by atoms with E-state index in [2.05, 4.69) is 33.8 Å². The van der Waals surface area contributed by atoms with Crippen LogP contribution in [-0.4, -0.2) is 24.3 Å². The van der Waals surface area contributed by atoms with Crippen molar-refractivity contribution >= 4 is 5.97 Å². The number of methoxy groups -OCH3 is 1. The Hall–Kier alpha value is -0.830. The van der Waals surface area contributed by atoms with Gasteiger partial charge in [-0.3, -0.25) is 4.79 Å². The molecule has 0 heterocycles. The molecule has 9 atom stereocenters. The van der Waals surface area contributed by atoms with Crippen LogP contribution in [0, 0.1) is 46.3 Å². The number of hydrogen-bond acceptors (Lipinski definition) is 3. The van der Waals surface area contributed by atoms with Crippen LogP contribution in [0.25, 0.3) is 0 Å². The lowest BCUT2D eigenvalue weighted by molar-refractivity contribution is -0.141. The highest BCUT2D eigenvalue weighted by Gasteiger charge is 2.59. The highest BCUT2D eigenvalue weighted by atomic mass is 16.5. The largest absolute Gasteiger partial charge is 0.469 e. The van der Waals surface area contributed by atoms with E-state index in [0.717, 1.165) is 48.9 Å². The van der Waals surface area contributed by atoms with Crippen LogP contribution in [-0.2, 0) is 9.53 Å². The van der Waals surface area contributed by atoms with Gasteiger partial charge in [-0.25, -0.2) is 0 Å². The molecule has 182 valence electrons. The van der Waals surface area contributed by atoms with Gasteiger partial charge in [0, 0.05) is 6.42 Å². The van der Waals surface area contributed by atoms with Gasteiger partial charge in [-0.05, 0) is 97.7 Å². The first kappa shape index (κ1) is 24.3. The molecule has 1 unspecified atom stereocenters. The Morgan fingerprint density at radius 3 is 2.66 bits per heavy atom. The number of rotatable bonds is 7. The minimum Gasteiger partial charge on any atom is -0.469 e. The number of carbonyl (C=O) groups is 1. The first-order valence-corrected chi connectivity index (χ1v) is 13.6. The fourth-order valence-electron chi connectivity index (χ4n) is 9.08. The zero-order valence-electron chi connectivity index (χ0n) is 21.4. The van der Waals surface area contributed by atoms with E-state index >= 15 is 0 Å². The minimum atomic E-state index is -0.105. The molecule has 0 amide bonds. The van der Waals surface area contributed by atoms with Crippen molar-refractivity contribution in [3.05, 3.63) is 11.6 Å². The molecule has 3 heteroatoms. The number of hydrogen-bond donors (Lipinski definition) is 1. The van der Waals surface area contributed by atoms with Crippen LogP contribution < -0.4 is 0 Å². The standard InChI is InChI=1S/C29H48O3/c1-19(17-27(31)32-5)7-6-8-20(2)24-11-12-25-23-10-9-21-18-22(30)13-15-28(21,3)26(23)14-16-29(24,25)4/h9,19-20,22-26,30H,6-8,10-18H2,1-5H3/t19?,20-,22+,23+,24-,25+,26+,28+,29-/m1/s1. The predicted octanol–water partition coefficient (Wildman–Crippen LogP) is 6.93. The molecule has 3 saturated carbocycles. The Bertz CT molecular complexity index is 713. The van der Waals surface area contributed by atoms with Crippen LogP contribution in [0.3, 0.4) is 0 Å². The van der Waals surface area contributed by atoms with Gasteiger partial charge in [0.25, 0.3) is 0 Å². The summed E-state index contributed by atoms with van der Waals surface area (Å²) < 4.78 is 4.84. The van der Waals surface area contributed by atoms with Crippen LogP contribution in [0.4, 0.5) is 0 Å². The fraction of sp³-hybridized carbons (Fsp3) is 0.897. The molecule has 1 N–H and O–H groups in total. The number of ether oxygens (including phenoxy) is 1. The average molecular weight is 445 g/mol. The topological polar surface area (TPSA) is 46.5 Å². The molecule has 0 saturated heterocycles. The van der Waals surface area contributed by atoms with Gasteiger partial charge in [0.1, 0.15) is 0 Å². The maximum Gasteiger partial charge on any atom is 0.305 e. The number of allylic oxidation sites excluding steroid dienone is 1. The third-order valence-electron chi connectivity index (χ3n) is 10.9. The van der Waals surface area contributed by atoms with Gasteiger partial charge in [-0.2, -0.15) is 0 Å². The Morgan fingerprint density at radius 2 is 1.91 bits per heavy atom. The van der Waals surface area contributed by atoms with E-state index in [-0.39, 0.29) is 12.1 Å². The maximum absolute atomic E-state index is 11.5. The SMILES string of the molecule is COC(=O)CC(C)CCC[C@@H](C)[C@H]1CC[C@H]2[C@@H]3CC=C4C[C@@H](O)CC[C@]4(C)[C@H]3CC[C@]12C. The van der Waals surface area contributed by atoms with E-state index in [4.69, 9.17) is 4.74 Å². The first-order chi connectivity index (χ1) is 15.2. The second-order valence-electron chi connectivity index (χ2n) is 12.7. The smallest absolute Gasteiger partial charge is 0.305 e. The van der Waals surface area contributed by atoms with Crippen LogP contribution in [0.15, 0.2) is 11.6 Å². The molecule has 3 fully saturated rings. The van der Waals surface area contributed by atoms with Gasteiger partial charge in [0.2, 0.25) is 0 Å². The van der Waals surface area contributed by atoms with Crippen molar-refractivity contribution in [2.45, 2.75) is 111 Å². The monoisotopic (exact) mass is 444 g/mol. The number of carbonyl (C=O) groups excluding carboxylic acids is 1. The summed E-state index contributed by atoms with van der Waals surface area (Å²) in [4.78, 5) is 11.5. The van der Waals surface area contributed by atoms with Gasteiger partial charge in [-0.15, -0.1) is 0 Å². The van der Waals surface area contributed by atoms with Gasteiger partial charge in [0.05, 0.1) is 13.2 Å². The van der Waals surface area contributed by atoms with E-state index < -0.39 is 0 Å². The molecular formula is C29H48O3. The third-order valence-corrected chi connectivity index (χ3v) is 10.9. The summed E-state index contributed by atoms with van der Waals surface area (Å²) in [5.41, 5.74) is 2.45. The normalized spacial score (nSPS) is 42.8. The van der Waals surface area contributed by atoms with Crippen molar-refractivity contribution in [3.63, 3.8) is 0 Å². The number of aliphatic hydroxyl groups is 1. The van der Waals surface area contributed by atoms with Crippen molar-refractivity contribution in [1.82, 2.24) is 0 Å². The zero-order chi connectivity index (χ0) is 23.1. The molecule has 0 aromatic carbocycles. The Labute approximate surface area is 196 Å². The molecule has 32 heavy (non-hydrogen) atoms. The maximum atomic E-state index is 11.5. The summed E-state index contributed by atoms with van der Waals surface area (Å²) in [6.07, 6.45) is 16.7. The molecule has 0 aromatic heterocycles. The molecule has 4 rings (SSSR count). The Morgan fingerprint density at radius 1 is 1.12 bits per heavy atom. The van der Waals surface area contributed by atoms with E-state index in [9.17, 15) is 9.90 Å². The van der Waals surface area contributed by atoms with Crippen LogP contribution in [0.2, 0.25) is 0 Å². The Kier molecular flexibility index (Phi) is 7.16. The van der Waals surface area contributed by atoms with Gasteiger partial charge in [0.15, 0.2) is 0 Å². The van der Waals surface area contributed by atoms with Crippen molar-refractivity contribution in [2.24, 2.45) is 46.3 Å². The average Bonchev–Trinajstić information content (AvgIpc) is 3.11. The summed E-state index contributed by atoms with van der Waals surface area (Å²) in [6, 6.07) is 0. The summed E-state index contributed by atoms with van der Waals surface area (Å²) >= 11 is 0. The third kappa shape index (κ3) is 4.32. The van der Waals surface area contributed by atoms with Crippen LogP contribution in [0.1, 0.15) is 105 Å². The van der Waals surface area contributed by atoms with E-state index in [1.54, 1.807) is 5.57 Å². The molecule has 0 aromatic rings. The molecule has 4 aliphatic carbocycles. The second-order valence-corrected chi connectivity index (χ2v) is 12.7. The highest BCUT2D eigenvalue weighted by molar-refractivity contribution is 5.69. The number of aliphatic hydroxyl groups excluding tert-OH is 1. The summed E-state index contributed by atoms with van der Waals surface area (Å²) in [5, 5.41) is 10.2. The van der Waals surface area contributed by atoms with E-state index in [1.165, 1.54) is 58.5 Å². The fourth-order valence-corrected chi connectivity index (χ4v) is 9.08. The minimum absolute atomic E-state index is 0.0701. The van der Waals surface area contributed by atoms with Gasteiger partial charge < -0.3 is 9.84 Å². The summed E-state index contributed by atoms with van der Waals surface area (Å²) in [7, 11) is 1.49. The lowest BCUT2D eigenvalue weighted by atomic mass is 9.47. The molecule has 3 nitrogen and oxygen atoms in total. The summed E-state index contributed by atoms with van der Waals surface area (Å²) in [6.45, 7) is 9.88. The lowest BCUT2D eigenvalue weighted by Gasteiger charge is -2.58. The molecule has 0 radical (unpaired) electrons. The quantitative estimate of drug-likeness (QED) is 0.342. The van der Waals surface area contributed by atoms with Crippen molar-refractivity contribution < 1.29 is 14.6 Å². The number of esters is 1. The first-order valence-electron chi connectivity index (χ1n) is 13.6. The van der Waals surface area contributed by atoms with Crippen molar-refractivity contribution in [1.29, 1.82) is 0 Å².